The van der Waals surface area contributed by atoms with E-state index in [9.17, 15) is 18.0 Å². The topological polar surface area (TPSA) is 148 Å². The third-order valence-corrected chi connectivity index (χ3v) is 10.0. The molecule has 1 fully saturated rings. The number of rotatable bonds is 11. The summed E-state index contributed by atoms with van der Waals surface area (Å²) in [5, 5.41) is 16.8. The molecule has 12 nitrogen and oxygen atoms in total. The minimum Gasteiger partial charge on any atom is -0.495 e. The normalized spacial score (nSPS) is 13.9. The number of anilines is 1. The number of hydrogen-bond donors (Lipinski definition) is 2. The number of carbonyl (C=O) groups excluding carboxylic acids is 2. The lowest BCUT2D eigenvalue weighted by molar-refractivity contribution is -0.113. The molecular formula is C27H29N7O5S3. The first-order valence-corrected chi connectivity index (χ1v) is 16.5. The lowest BCUT2D eigenvalue weighted by Gasteiger charge is -2.25. The fourth-order valence-corrected chi connectivity index (χ4v) is 7.26. The zero-order chi connectivity index (χ0) is 29.5. The maximum atomic E-state index is 13.0. The lowest BCUT2D eigenvalue weighted by Crippen LogP contribution is -2.35. The van der Waals surface area contributed by atoms with Crippen molar-refractivity contribution < 1.29 is 22.7 Å². The molecule has 2 amide bonds. The van der Waals surface area contributed by atoms with Crippen LogP contribution >= 0.6 is 23.1 Å². The summed E-state index contributed by atoms with van der Waals surface area (Å²) < 4.78 is 34.7. The van der Waals surface area contributed by atoms with Gasteiger partial charge in [-0.25, -0.2) is 13.4 Å². The number of piperidine rings is 1. The van der Waals surface area contributed by atoms with E-state index in [1.807, 2.05) is 18.2 Å². The van der Waals surface area contributed by atoms with Crippen molar-refractivity contribution in [1.29, 1.82) is 0 Å². The summed E-state index contributed by atoms with van der Waals surface area (Å²) in [5.74, 6) is 0.393. The van der Waals surface area contributed by atoms with E-state index in [0.29, 0.717) is 46.2 Å². The second-order valence-electron chi connectivity index (χ2n) is 9.25. The summed E-state index contributed by atoms with van der Waals surface area (Å²) in [6, 6.07) is 13.2. The Kier molecular flexibility index (Phi) is 9.51. The number of para-hydroxylation sites is 2. The molecule has 3 heterocycles. The van der Waals surface area contributed by atoms with Gasteiger partial charge in [-0.15, -0.1) is 21.5 Å². The van der Waals surface area contributed by atoms with E-state index in [1.54, 1.807) is 29.3 Å². The number of benzene rings is 2. The first-order valence-electron chi connectivity index (χ1n) is 13.1. The number of nitrogens with zero attached hydrogens (tertiary/aromatic N) is 5. The standard InChI is InChI=1S/C27H29N7O5S3/c1-39-22-8-4-3-7-21(22)34-23(31-32-27(34)41-18-24(35)30-26-28-13-16-40-26)17-29-25(36)19-9-11-20(12-10-19)42(37,38)33-14-5-2-6-15-33/h3-4,7-13,16H,2,5-6,14-15,17-18H2,1H3,(H,29,36)(H,28,30,35). The Morgan fingerprint density at radius 3 is 2.52 bits per heavy atom. The van der Waals surface area contributed by atoms with Crippen LogP contribution in [0.4, 0.5) is 5.13 Å². The quantitative estimate of drug-likeness (QED) is 0.238. The molecule has 15 heteroatoms. The number of thiazole rings is 1. The predicted octanol–water partition coefficient (Wildman–Crippen LogP) is 3.57. The zero-order valence-electron chi connectivity index (χ0n) is 22.7. The highest BCUT2D eigenvalue weighted by Crippen LogP contribution is 2.29. The van der Waals surface area contributed by atoms with Gasteiger partial charge < -0.3 is 15.4 Å². The van der Waals surface area contributed by atoms with Gasteiger partial charge in [0.25, 0.3) is 5.91 Å². The average molecular weight is 628 g/mol. The van der Waals surface area contributed by atoms with Crippen molar-refractivity contribution in [3.63, 3.8) is 0 Å². The molecule has 0 saturated carbocycles. The van der Waals surface area contributed by atoms with Crippen molar-refractivity contribution in [3.8, 4) is 11.4 Å². The van der Waals surface area contributed by atoms with Crippen molar-refractivity contribution in [2.45, 2.75) is 35.9 Å². The summed E-state index contributed by atoms with van der Waals surface area (Å²) in [6.45, 7) is 1.03. The minimum atomic E-state index is -3.59. The summed E-state index contributed by atoms with van der Waals surface area (Å²) in [4.78, 5) is 29.7. The molecule has 220 valence electrons. The Hall–Kier alpha value is -3.79. The molecule has 0 atom stereocenters. The molecule has 4 aromatic rings. The van der Waals surface area contributed by atoms with Crippen LogP contribution in [0, 0.1) is 0 Å². The number of nitrogens with one attached hydrogen (secondary N) is 2. The highest BCUT2D eigenvalue weighted by molar-refractivity contribution is 7.99. The van der Waals surface area contributed by atoms with E-state index in [-0.39, 0.29) is 23.1 Å². The molecule has 1 saturated heterocycles. The molecule has 5 rings (SSSR count). The van der Waals surface area contributed by atoms with Gasteiger partial charge in [0, 0.05) is 30.2 Å². The number of sulfonamides is 1. The van der Waals surface area contributed by atoms with Crippen molar-refractivity contribution >= 4 is 50.1 Å². The first-order chi connectivity index (χ1) is 20.4. The van der Waals surface area contributed by atoms with Crippen LogP contribution in [0.15, 0.2) is 70.2 Å². The van der Waals surface area contributed by atoms with Gasteiger partial charge in [0.15, 0.2) is 16.1 Å². The van der Waals surface area contributed by atoms with Gasteiger partial charge in [0.05, 0.1) is 30.0 Å². The maximum absolute atomic E-state index is 13.0. The molecule has 2 aromatic carbocycles. The van der Waals surface area contributed by atoms with Crippen molar-refractivity contribution in [1.82, 2.24) is 29.4 Å². The third-order valence-electron chi connectivity index (χ3n) is 6.51. The maximum Gasteiger partial charge on any atom is 0.251 e. The number of thioether (sulfide) groups is 1. The molecule has 0 aliphatic carbocycles. The smallest absolute Gasteiger partial charge is 0.251 e. The molecular weight excluding hydrogens is 599 g/mol. The summed E-state index contributed by atoms with van der Waals surface area (Å²) in [6.07, 6.45) is 4.33. The fourth-order valence-electron chi connectivity index (χ4n) is 4.43. The molecule has 0 radical (unpaired) electrons. The van der Waals surface area contributed by atoms with Gasteiger partial charge in [-0.3, -0.25) is 14.2 Å². The lowest BCUT2D eigenvalue weighted by atomic mass is 10.2. The molecule has 1 aliphatic heterocycles. The van der Waals surface area contributed by atoms with Gasteiger partial charge in [-0.2, -0.15) is 4.31 Å². The number of aromatic nitrogens is 4. The highest BCUT2D eigenvalue weighted by Gasteiger charge is 2.26. The molecule has 0 unspecified atom stereocenters. The Labute approximate surface area is 251 Å². The van der Waals surface area contributed by atoms with Crippen LogP contribution in [0.25, 0.3) is 5.69 Å². The first kappa shape index (κ1) is 29.7. The Morgan fingerprint density at radius 2 is 1.81 bits per heavy atom. The Balaban J connectivity index is 1.30. The van der Waals surface area contributed by atoms with Crippen molar-refractivity contribution in [2.24, 2.45) is 0 Å². The number of carbonyl (C=O) groups is 2. The highest BCUT2D eigenvalue weighted by atomic mass is 32.2. The molecule has 0 spiro atoms. The molecule has 2 aromatic heterocycles. The fraction of sp³-hybridized carbons (Fsp3) is 0.296. The van der Waals surface area contributed by atoms with E-state index >= 15 is 0 Å². The van der Waals surface area contributed by atoms with Crippen LogP contribution in [0.1, 0.15) is 35.4 Å². The van der Waals surface area contributed by atoms with Crippen LogP contribution in [-0.2, 0) is 21.4 Å². The second-order valence-corrected chi connectivity index (χ2v) is 13.0. The van der Waals surface area contributed by atoms with Crippen LogP contribution in [0.5, 0.6) is 5.75 Å². The van der Waals surface area contributed by atoms with E-state index < -0.39 is 15.9 Å². The predicted molar refractivity (Wildman–Crippen MR) is 160 cm³/mol. The molecule has 1 aliphatic rings. The molecule has 0 bridgehead atoms. The van der Waals surface area contributed by atoms with Crippen LogP contribution in [0.2, 0.25) is 0 Å². The number of methoxy groups -OCH3 is 1. The summed E-state index contributed by atoms with van der Waals surface area (Å²) in [5.41, 5.74) is 0.953. The Morgan fingerprint density at radius 1 is 1.05 bits per heavy atom. The number of hydrogen-bond acceptors (Lipinski definition) is 10. The van der Waals surface area contributed by atoms with Crippen molar-refractivity contribution in [2.75, 3.05) is 31.3 Å². The number of ether oxygens (including phenoxy) is 1. The van der Waals surface area contributed by atoms with Crippen LogP contribution in [0.3, 0.4) is 0 Å². The van der Waals surface area contributed by atoms with E-state index in [2.05, 4.69) is 25.8 Å². The summed E-state index contributed by atoms with van der Waals surface area (Å²) >= 11 is 2.51. The second kappa shape index (κ2) is 13.5. The monoisotopic (exact) mass is 627 g/mol. The Bertz CT molecular complexity index is 1630. The molecule has 42 heavy (non-hydrogen) atoms. The van der Waals surface area contributed by atoms with Crippen molar-refractivity contribution in [3.05, 3.63) is 71.5 Å². The largest absolute Gasteiger partial charge is 0.495 e. The van der Waals surface area contributed by atoms with Gasteiger partial charge in [-0.1, -0.05) is 30.3 Å². The SMILES string of the molecule is COc1ccccc1-n1c(CNC(=O)c2ccc(S(=O)(=O)N3CCCCC3)cc2)nnc1SCC(=O)Nc1nccs1. The number of amides is 2. The van der Waals surface area contributed by atoms with Gasteiger partial charge in [-0.05, 0) is 49.2 Å². The van der Waals surface area contributed by atoms with E-state index in [1.165, 1.54) is 51.7 Å². The van der Waals surface area contributed by atoms with Gasteiger partial charge in [0.2, 0.25) is 15.9 Å². The van der Waals surface area contributed by atoms with Crippen LogP contribution < -0.4 is 15.4 Å². The van der Waals surface area contributed by atoms with E-state index in [0.717, 1.165) is 19.3 Å². The van der Waals surface area contributed by atoms with Crippen LogP contribution in [-0.4, -0.2) is 70.2 Å². The molecule has 2 N–H and O–H groups in total. The van der Waals surface area contributed by atoms with E-state index in [4.69, 9.17) is 4.74 Å². The third kappa shape index (κ3) is 6.81. The minimum absolute atomic E-state index is 0.0174. The average Bonchev–Trinajstić information content (AvgIpc) is 3.69. The van der Waals surface area contributed by atoms with Gasteiger partial charge >= 0.3 is 0 Å². The zero-order valence-corrected chi connectivity index (χ0v) is 25.2. The summed E-state index contributed by atoms with van der Waals surface area (Å²) in [7, 11) is -2.04. The van der Waals surface area contributed by atoms with Gasteiger partial charge in [0.1, 0.15) is 5.75 Å².